The molecule has 16 heavy (non-hydrogen) atoms. The Morgan fingerprint density at radius 2 is 2.06 bits per heavy atom. The molecular formula is C10H12F3NOS. The molecule has 0 bridgehead atoms. The summed E-state index contributed by atoms with van der Waals surface area (Å²) >= 11 is 1.46. The van der Waals surface area contributed by atoms with Crippen LogP contribution in [-0.2, 0) is 10.2 Å². The molecule has 0 saturated carbocycles. The predicted molar refractivity (Wildman–Crippen MR) is 56.4 cm³/mol. The van der Waals surface area contributed by atoms with Gasteiger partial charge in [0, 0.05) is 16.8 Å². The van der Waals surface area contributed by atoms with Crippen LogP contribution in [0.3, 0.4) is 0 Å². The van der Waals surface area contributed by atoms with Gasteiger partial charge in [-0.05, 0) is 11.4 Å². The van der Waals surface area contributed by atoms with Crippen LogP contribution in [0.1, 0.15) is 18.7 Å². The van der Waals surface area contributed by atoms with Crippen molar-refractivity contribution < 1.29 is 18.0 Å². The fourth-order valence-corrected chi connectivity index (χ4v) is 2.00. The molecule has 0 unspecified atom stereocenters. The van der Waals surface area contributed by atoms with Crippen LogP contribution in [0.25, 0.3) is 0 Å². The molecule has 90 valence electrons. The normalized spacial score (nSPS) is 12.6. The van der Waals surface area contributed by atoms with Crippen LogP contribution >= 0.6 is 11.3 Å². The Kier molecular flexibility index (Phi) is 3.62. The number of nitrogens with one attached hydrogen (secondary N) is 1. The molecule has 0 aromatic carbocycles. The van der Waals surface area contributed by atoms with E-state index >= 15 is 0 Å². The van der Waals surface area contributed by atoms with E-state index in [1.807, 2.05) is 22.8 Å². The van der Waals surface area contributed by atoms with Gasteiger partial charge >= 0.3 is 12.1 Å². The van der Waals surface area contributed by atoms with Crippen molar-refractivity contribution in [3.8, 4) is 0 Å². The van der Waals surface area contributed by atoms with Gasteiger partial charge in [-0.15, -0.1) is 11.3 Å². The van der Waals surface area contributed by atoms with Crippen LogP contribution in [-0.4, -0.2) is 18.6 Å². The molecule has 0 spiro atoms. The first-order valence-corrected chi connectivity index (χ1v) is 5.50. The maximum absolute atomic E-state index is 12.0. The number of hydrogen-bond donors (Lipinski definition) is 1. The first-order chi connectivity index (χ1) is 7.23. The molecule has 1 aromatic rings. The van der Waals surface area contributed by atoms with Gasteiger partial charge in [-0.25, -0.2) is 0 Å². The molecule has 1 rings (SSSR count). The maximum Gasteiger partial charge on any atom is 0.471 e. The van der Waals surface area contributed by atoms with Gasteiger partial charge in [-0.3, -0.25) is 4.79 Å². The zero-order valence-corrected chi connectivity index (χ0v) is 9.71. The Morgan fingerprint density at radius 3 is 2.50 bits per heavy atom. The van der Waals surface area contributed by atoms with Crippen molar-refractivity contribution in [3.63, 3.8) is 0 Å². The molecule has 1 aromatic heterocycles. The lowest BCUT2D eigenvalue weighted by Gasteiger charge is -2.23. The van der Waals surface area contributed by atoms with Gasteiger partial charge in [-0.1, -0.05) is 19.9 Å². The van der Waals surface area contributed by atoms with Crippen molar-refractivity contribution in [2.24, 2.45) is 0 Å². The molecule has 2 nitrogen and oxygen atoms in total. The monoisotopic (exact) mass is 251 g/mol. The van der Waals surface area contributed by atoms with E-state index < -0.39 is 17.5 Å². The Morgan fingerprint density at radius 1 is 1.44 bits per heavy atom. The van der Waals surface area contributed by atoms with Crippen molar-refractivity contribution in [2.45, 2.75) is 25.4 Å². The fraction of sp³-hybridized carbons (Fsp3) is 0.500. The lowest BCUT2D eigenvalue weighted by molar-refractivity contribution is -0.173. The van der Waals surface area contributed by atoms with Gasteiger partial charge in [0.1, 0.15) is 0 Å². The van der Waals surface area contributed by atoms with Crippen LogP contribution in [0.4, 0.5) is 13.2 Å². The van der Waals surface area contributed by atoms with Gasteiger partial charge in [0.2, 0.25) is 0 Å². The van der Waals surface area contributed by atoms with E-state index in [1.54, 1.807) is 13.8 Å². The quantitative estimate of drug-likeness (QED) is 0.879. The summed E-state index contributed by atoms with van der Waals surface area (Å²) in [4.78, 5) is 11.6. The van der Waals surface area contributed by atoms with Gasteiger partial charge in [0.15, 0.2) is 0 Å². The van der Waals surface area contributed by atoms with Crippen molar-refractivity contribution in [2.75, 3.05) is 6.54 Å². The van der Waals surface area contributed by atoms with E-state index in [9.17, 15) is 18.0 Å². The number of alkyl halides is 3. The van der Waals surface area contributed by atoms with E-state index in [0.29, 0.717) is 0 Å². The number of thiophene rings is 1. The predicted octanol–water partition coefficient (Wildman–Crippen LogP) is 2.70. The number of hydrogen-bond acceptors (Lipinski definition) is 2. The highest BCUT2D eigenvalue weighted by molar-refractivity contribution is 7.10. The second-order valence-electron chi connectivity index (χ2n) is 4.04. The second kappa shape index (κ2) is 4.45. The van der Waals surface area contributed by atoms with E-state index in [0.717, 1.165) is 4.88 Å². The summed E-state index contributed by atoms with van der Waals surface area (Å²) in [6, 6.07) is 3.66. The van der Waals surface area contributed by atoms with Crippen LogP contribution in [0.15, 0.2) is 17.5 Å². The summed E-state index contributed by atoms with van der Waals surface area (Å²) in [5.41, 5.74) is -0.491. The molecule has 0 aliphatic heterocycles. The molecule has 0 radical (unpaired) electrons. The molecule has 0 saturated heterocycles. The summed E-state index contributed by atoms with van der Waals surface area (Å²) in [6.07, 6.45) is -4.81. The van der Waals surface area contributed by atoms with E-state index in [1.165, 1.54) is 11.3 Å². The molecular weight excluding hydrogens is 239 g/mol. The largest absolute Gasteiger partial charge is 0.471 e. The molecule has 0 atom stereocenters. The van der Waals surface area contributed by atoms with Crippen LogP contribution in [0.5, 0.6) is 0 Å². The number of carbonyl (C=O) groups is 1. The molecule has 1 heterocycles. The second-order valence-corrected chi connectivity index (χ2v) is 4.99. The highest BCUT2D eigenvalue weighted by Gasteiger charge is 2.39. The Labute approximate surface area is 95.5 Å². The number of carbonyl (C=O) groups excluding carboxylic acids is 1. The van der Waals surface area contributed by atoms with Crippen molar-refractivity contribution in [1.29, 1.82) is 0 Å². The van der Waals surface area contributed by atoms with Gasteiger partial charge < -0.3 is 5.32 Å². The number of halogens is 3. The van der Waals surface area contributed by atoms with E-state index in [2.05, 4.69) is 0 Å². The smallest absolute Gasteiger partial charge is 0.347 e. The maximum atomic E-state index is 12.0. The van der Waals surface area contributed by atoms with Crippen LogP contribution in [0.2, 0.25) is 0 Å². The third-order valence-electron chi connectivity index (χ3n) is 2.14. The van der Waals surface area contributed by atoms with Gasteiger partial charge in [0.25, 0.3) is 0 Å². The lowest BCUT2D eigenvalue weighted by atomic mass is 9.91. The fourth-order valence-electron chi connectivity index (χ4n) is 1.15. The van der Waals surface area contributed by atoms with Crippen molar-refractivity contribution in [1.82, 2.24) is 5.32 Å². The summed E-state index contributed by atoms with van der Waals surface area (Å²) in [5, 5.41) is 3.74. The highest BCUT2D eigenvalue weighted by atomic mass is 32.1. The third-order valence-corrected chi connectivity index (χ3v) is 3.37. The van der Waals surface area contributed by atoms with E-state index in [4.69, 9.17) is 0 Å². The summed E-state index contributed by atoms with van der Waals surface area (Å²) in [5.74, 6) is -1.89. The molecule has 0 fully saturated rings. The molecule has 1 N–H and O–H groups in total. The summed E-state index contributed by atoms with van der Waals surface area (Å²) in [7, 11) is 0. The lowest BCUT2D eigenvalue weighted by Crippen LogP contribution is -2.42. The SMILES string of the molecule is CC(C)(CNC(=O)C(F)(F)F)c1cccs1. The Hall–Kier alpha value is -1.04. The molecule has 6 heteroatoms. The zero-order valence-electron chi connectivity index (χ0n) is 8.89. The van der Waals surface area contributed by atoms with Crippen molar-refractivity contribution >= 4 is 17.2 Å². The first kappa shape index (κ1) is 13.0. The average molecular weight is 251 g/mol. The summed E-state index contributed by atoms with van der Waals surface area (Å²) in [6.45, 7) is 3.54. The molecule has 0 aliphatic carbocycles. The Bertz CT molecular complexity index is 357. The zero-order chi connectivity index (χ0) is 12.4. The third kappa shape index (κ3) is 3.23. The minimum atomic E-state index is -4.81. The molecule has 0 aliphatic rings. The topological polar surface area (TPSA) is 29.1 Å². The first-order valence-electron chi connectivity index (χ1n) is 4.62. The number of rotatable bonds is 3. The van der Waals surface area contributed by atoms with Crippen LogP contribution < -0.4 is 5.32 Å². The van der Waals surface area contributed by atoms with Crippen LogP contribution in [0, 0.1) is 0 Å². The highest BCUT2D eigenvalue weighted by Crippen LogP contribution is 2.27. The number of amides is 1. The molecule has 1 amide bonds. The standard InChI is InChI=1S/C10H12F3NOS/c1-9(2,7-4-3-5-16-7)6-14-8(15)10(11,12)13/h3-5H,6H2,1-2H3,(H,14,15). The summed E-state index contributed by atoms with van der Waals surface area (Å²) < 4.78 is 35.9. The minimum absolute atomic E-state index is 0.0359. The Balaban J connectivity index is 2.59. The van der Waals surface area contributed by atoms with Gasteiger partial charge in [0.05, 0.1) is 0 Å². The van der Waals surface area contributed by atoms with Crippen molar-refractivity contribution in [3.05, 3.63) is 22.4 Å². The van der Waals surface area contributed by atoms with E-state index in [-0.39, 0.29) is 6.54 Å². The average Bonchev–Trinajstić information content (AvgIpc) is 2.65. The minimum Gasteiger partial charge on any atom is -0.347 e. The van der Waals surface area contributed by atoms with Gasteiger partial charge in [-0.2, -0.15) is 13.2 Å².